The zero-order chi connectivity index (χ0) is 8.97. The van der Waals surface area contributed by atoms with E-state index < -0.39 is 6.09 Å². The predicted octanol–water partition coefficient (Wildman–Crippen LogP) is 0.554. The fraction of sp³-hybridized carbons (Fsp3) is 0.800. The van der Waals surface area contributed by atoms with Gasteiger partial charge in [-0.3, -0.25) is 5.43 Å². The Morgan fingerprint density at radius 2 is 2.58 bits per heavy atom. The number of rotatable bonds is 2. The lowest BCUT2D eigenvalue weighted by molar-refractivity contribution is 0.153. The lowest BCUT2D eigenvalue weighted by atomic mass is 10.3. The maximum atomic E-state index is 10.2. The summed E-state index contributed by atoms with van der Waals surface area (Å²) in [6, 6.07) is -0.109. The van der Waals surface area contributed by atoms with Crippen LogP contribution in [0.1, 0.15) is 6.42 Å². The topological polar surface area (TPSA) is 101 Å². The van der Waals surface area contributed by atoms with Crippen molar-refractivity contribution in [3.05, 3.63) is 10.4 Å². The van der Waals surface area contributed by atoms with Gasteiger partial charge in [0.05, 0.1) is 6.04 Å². The highest BCUT2D eigenvalue weighted by molar-refractivity contribution is 5.63. The minimum atomic E-state index is -1.09. The summed E-state index contributed by atoms with van der Waals surface area (Å²) < 4.78 is 0. The van der Waals surface area contributed by atoms with Gasteiger partial charge in [0.2, 0.25) is 0 Å². The van der Waals surface area contributed by atoms with Crippen LogP contribution in [0.2, 0.25) is 0 Å². The van der Waals surface area contributed by atoms with Crippen molar-refractivity contribution in [3.8, 4) is 0 Å². The van der Waals surface area contributed by atoms with E-state index in [1.807, 2.05) is 0 Å². The molecule has 0 aliphatic carbocycles. The van der Waals surface area contributed by atoms with E-state index in [1.165, 1.54) is 5.01 Å². The van der Waals surface area contributed by atoms with Gasteiger partial charge in [-0.15, -0.1) is 0 Å². The smallest absolute Gasteiger partial charge is 0.419 e. The third-order valence-corrected chi connectivity index (χ3v) is 1.63. The second-order valence-corrected chi connectivity index (χ2v) is 2.51. The van der Waals surface area contributed by atoms with Crippen molar-refractivity contribution >= 4 is 6.09 Å². The highest BCUT2D eigenvalue weighted by Gasteiger charge is 2.22. The van der Waals surface area contributed by atoms with Gasteiger partial charge in [0.15, 0.2) is 0 Å². The van der Waals surface area contributed by atoms with E-state index in [1.54, 1.807) is 0 Å². The summed E-state index contributed by atoms with van der Waals surface area (Å²) in [6.45, 7) is 1.05. The van der Waals surface area contributed by atoms with Crippen molar-refractivity contribution in [1.82, 2.24) is 10.4 Å². The van der Waals surface area contributed by atoms with Crippen LogP contribution in [0, 0.1) is 0 Å². The van der Waals surface area contributed by atoms with Crippen LogP contribution in [0.3, 0.4) is 0 Å². The lowest BCUT2D eigenvalue weighted by Gasteiger charge is -2.12. The lowest BCUT2D eigenvalue weighted by Crippen LogP contribution is -2.39. The summed E-state index contributed by atoms with van der Waals surface area (Å²) in [5, 5.41) is 13.3. The largest absolute Gasteiger partial charge is 0.464 e. The molecule has 0 aromatic carbocycles. The highest BCUT2D eigenvalue weighted by atomic mass is 16.4. The number of hydrogen-bond acceptors (Lipinski definition) is 3. The molecule has 1 heterocycles. The number of nitrogens with zero attached hydrogens (tertiary/aromatic N) is 4. The number of nitrogens with one attached hydrogen (secondary N) is 1. The van der Waals surface area contributed by atoms with Gasteiger partial charge in [0, 0.05) is 18.0 Å². The molecule has 1 aliphatic rings. The van der Waals surface area contributed by atoms with Crippen LogP contribution in [0.15, 0.2) is 5.11 Å². The Morgan fingerprint density at radius 3 is 3.17 bits per heavy atom. The van der Waals surface area contributed by atoms with Crippen molar-refractivity contribution in [1.29, 1.82) is 0 Å². The Labute approximate surface area is 68.6 Å². The summed E-state index contributed by atoms with van der Waals surface area (Å²) in [4.78, 5) is 12.8. The molecule has 1 amide bonds. The Bertz CT molecular complexity index is 224. The summed E-state index contributed by atoms with van der Waals surface area (Å²) in [6.07, 6.45) is -0.388. The average Bonchev–Trinajstić information content (AvgIpc) is 2.36. The molecule has 1 rings (SSSR count). The van der Waals surface area contributed by atoms with E-state index in [9.17, 15) is 4.79 Å². The van der Waals surface area contributed by atoms with Gasteiger partial charge < -0.3 is 5.11 Å². The van der Waals surface area contributed by atoms with Crippen molar-refractivity contribution in [3.63, 3.8) is 0 Å². The second kappa shape index (κ2) is 3.80. The predicted molar refractivity (Wildman–Crippen MR) is 40.3 cm³/mol. The molecular formula is C5H9N5O2. The zero-order valence-corrected chi connectivity index (χ0v) is 6.34. The third-order valence-electron chi connectivity index (χ3n) is 1.63. The van der Waals surface area contributed by atoms with Crippen molar-refractivity contribution in [2.45, 2.75) is 12.5 Å². The number of carbonyl (C=O) groups is 1. The van der Waals surface area contributed by atoms with Crippen LogP contribution in [0.5, 0.6) is 0 Å². The van der Waals surface area contributed by atoms with Crippen molar-refractivity contribution < 1.29 is 9.90 Å². The van der Waals surface area contributed by atoms with E-state index in [-0.39, 0.29) is 6.04 Å². The number of azide groups is 1. The van der Waals surface area contributed by atoms with Gasteiger partial charge in [-0.25, -0.2) is 9.80 Å². The van der Waals surface area contributed by atoms with E-state index in [0.717, 1.165) is 0 Å². The van der Waals surface area contributed by atoms with Crippen LogP contribution in [0.25, 0.3) is 10.4 Å². The molecule has 7 heteroatoms. The molecule has 0 aromatic heterocycles. The monoisotopic (exact) mass is 171 g/mol. The molecule has 0 aromatic rings. The molecular weight excluding hydrogens is 162 g/mol. The molecule has 0 saturated carbocycles. The molecule has 12 heavy (non-hydrogen) atoms. The Morgan fingerprint density at radius 1 is 1.83 bits per heavy atom. The molecule has 7 nitrogen and oxygen atoms in total. The maximum absolute atomic E-state index is 10.2. The molecule has 1 saturated heterocycles. The zero-order valence-electron chi connectivity index (χ0n) is 6.34. The number of amides is 1. The molecule has 0 radical (unpaired) electrons. The van der Waals surface area contributed by atoms with Crippen LogP contribution in [-0.2, 0) is 0 Å². The molecule has 1 fully saturated rings. The van der Waals surface area contributed by atoms with E-state index >= 15 is 0 Å². The quantitative estimate of drug-likeness (QED) is 0.360. The van der Waals surface area contributed by atoms with Gasteiger partial charge in [0.25, 0.3) is 0 Å². The standard InChI is InChI=1S/C5H9N5O2/c6-9-7-4-1-2-10(3-4)8-5(11)12/h4,8H,1-3H2,(H,11,12). The summed E-state index contributed by atoms with van der Waals surface area (Å²) in [7, 11) is 0. The first-order chi connectivity index (χ1) is 5.72. The fourth-order valence-electron chi connectivity index (χ4n) is 1.15. The van der Waals surface area contributed by atoms with E-state index in [0.29, 0.717) is 19.5 Å². The Balaban J connectivity index is 2.35. The van der Waals surface area contributed by atoms with Gasteiger partial charge >= 0.3 is 6.09 Å². The molecule has 0 bridgehead atoms. The van der Waals surface area contributed by atoms with Gasteiger partial charge in [0.1, 0.15) is 0 Å². The first kappa shape index (κ1) is 8.63. The average molecular weight is 171 g/mol. The number of carboxylic acid groups (broad SMARTS) is 1. The van der Waals surface area contributed by atoms with E-state index in [4.69, 9.17) is 10.6 Å². The molecule has 0 spiro atoms. The number of hydrogen-bond donors (Lipinski definition) is 2. The molecule has 1 unspecified atom stereocenters. The van der Waals surface area contributed by atoms with Crippen molar-refractivity contribution in [2.24, 2.45) is 5.11 Å². The normalized spacial score (nSPS) is 23.2. The second-order valence-electron chi connectivity index (χ2n) is 2.51. The Hall–Kier alpha value is -1.46. The minimum absolute atomic E-state index is 0.109. The molecule has 1 aliphatic heterocycles. The summed E-state index contributed by atoms with van der Waals surface area (Å²) in [5.74, 6) is 0. The third kappa shape index (κ3) is 2.30. The van der Waals surface area contributed by atoms with Crippen LogP contribution in [0.4, 0.5) is 4.79 Å². The summed E-state index contributed by atoms with van der Waals surface area (Å²) in [5.41, 5.74) is 10.3. The highest BCUT2D eigenvalue weighted by Crippen LogP contribution is 2.09. The first-order valence-corrected chi connectivity index (χ1v) is 3.51. The van der Waals surface area contributed by atoms with Crippen molar-refractivity contribution in [2.75, 3.05) is 13.1 Å². The van der Waals surface area contributed by atoms with Crippen LogP contribution < -0.4 is 5.43 Å². The van der Waals surface area contributed by atoms with Gasteiger partial charge in [-0.1, -0.05) is 5.11 Å². The van der Waals surface area contributed by atoms with Crippen LogP contribution in [-0.4, -0.2) is 35.3 Å². The fourth-order valence-corrected chi connectivity index (χ4v) is 1.15. The van der Waals surface area contributed by atoms with E-state index in [2.05, 4.69) is 15.5 Å². The number of hydrazine groups is 1. The van der Waals surface area contributed by atoms with Gasteiger partial charge in [-0.05, 0) is 12.0 Å². The van der Waals surface area contributed by atoms with Crippen LogP contribution >= 0.6 is 0 Å². The Kier molecular flexibility index (Phi) is 2.73. The maximum Gasteiger partial charge on any atom is 0.419 e. The minimum Gasteiger partial charge on any atom is -0.464 e. The molecule has 2 N–H and O–H groups in total. The SMILES string of the molecule is [N-]=[N+]=NC1CCN(NC(=O)O)C1. The molecule has 1 atom stereocenters. The first-order valence-electron chi connectivity index (χ1n) is 3.51. The summed E-state index contributed by atoms with van der Waals surface area (Å²) >= 11 is 0. The molecule has 66 valence electrons. The van der Waals surface area contributed by atoms with Gasteiger partial charge in [-0.2, -0.15) is 0 Å².